The van der Waals surface area contributed by atoms with Crippen molar-refractivity contribution in [2.75, 3.05) is 18.4 Å². The minimum Gasteiger partial charge on any atom is -0.322 e. The molecule has 1 N–H and O–H groups in total. The molecule has 0 radical (unpaired) electrons. The maximum atomic E-state index is 13.6. The third-order valence-corrected chi connectivity index (χ3v) is 7.08. The fraction of sp³-hybridized carbons (Fsp3) is 0.316. The molecule has 0 saturated carbocycles. The van der Waals surface area contributed by atoms with Gasteiger partial charge in [0, 0.05) is 18.8 Å². The highest BCUT2D eigenvalue weighted by atomic mass is 35.5. The SMILES string of the molecule is O=C(Nc1ccc(S(=O)(=O)N2CCCCCC2)cc1)c1cc(F)c(Cl)cc1Cl. The molecule has 1 fully saturated rings. The number of nitrogens with one attached hydrogen (secondary N) is 1. The average Bonchev–Trinajstić information content (AvgIpc) is 2.95. The van der Waals surface area contributed by atoms with Crippen molar-refractivity contribution < 1.29 is 17.6 Å². The van der Waals surface area contributed by atoms with E-state index in [0.29, 0.717) is 18.8 Å². The Hall–Kier alpha value is -1.67. The van der Waals surface area contributed by atoms with Crippen LogP contribution in [0.1, 0.15) is 36.0 Å². The van der Waals surface area contributed by atoms with E-state index in [1.807, 2.05) is 0 Å². The van der Waals surface area contributed by atoms with Crippen LogP contribution < -0.4 is 5.32 Å². The molecule has 2 aromatic rings. The molecule has 1 amide bonds. The molecule has 9 heteroatoms. The van der Waals surface area contributed by atoms with Gasteiger partial charge in [0.1, 0.15) is 5.82 Å². The van der Waals surface area contributed by atoms with Gasteiger partial charge in [0.15, 0.2) is 0 Å². The van der Waals surface area contributed by atoms with E-state index in [1.165, 1.54) is 28.6 Å². The molecule has 1 heterocycles. The Balaban J connectivity index is 1.75. The van der Waals surface area contributed by atoms with Crippen molar-refractivity contribution >= 4 is 44.8 Å². The Morgan fingerprint density at radius 2 is 1.57 bits per heavy atom. The minimum atomic E-state index is -3.56. The summed E-state index contributed by atoms with van der Waals surface area (Å²) in [5.74, 6) is -1.38. The Kier molecular flexibility index (Phi) is 6.60. The molecule has 1 aliphatic rings. The second-order valence-corrected chi connectivity index (χ2v) is 9.30. The van der Waals surface area contributed by atoms with Gasteiger partial charge in [-0.1, -0.05) is 36.0 Å². The number of nitrogens with zero attached hydrogens (tertiary/aromatic N) is 1. The van der Waals surface area contributed by atoms with E-state index in [0.717, 1.165) is 37.8 Å². The van der Waals surface area contributed by atoms with Gasteiger partial charge >= 0.3 is 0 Å². The Bertz CT molecular complexity index is 973. The summed E-state index contributed by atoms with van der Waals surface area (Å²) in [5.41, 5.74) is 0.302. The lowest BCUT2D eigenvalue weighted by Gasteiger charge is -2.20. The van der Waals surface area contributed by atoms with Gasteiger partial charge in [-0.3, -0.25) is 4.79 Å². The second-order valence-electron chi connectivity index (χ2n) is 6.54. The van der Waals surface area contributed by atoms with Gasteiger partial charge in [-0.25, -0.2) is 12.8 Å². The first-order valence-electron chi connectivity index (χ1n) is 8.85. The van der Waals surface area contributed by atoms with Crippen LogP contribution in [0.25, 0.3) is 0 Å². The molecule has 0 aliphatic carbocycles. The quantitative estimate of drug-likeness (QED) is 0.678. The van der Waals surface area contributed by atoms with E-state index in [1.54, 1.807) is 0 Å². The molecule has 1 aliphatic heterocycles. The van der Waals surface area contributed by atoms with Gasteiger partial charge < -0.3 is 5.32 Å². The van der Waals surface area contributed by atoms with E-state index >= 15 is 0 Å². The summed E-state index contributed by atoms with van der Waals surface area (Å²) in [4.78, 5) is 12.5. The zero-order valence-corrected chi connectivity index (χ0v) is 17.2. The normalized spacial score (nSPS) is 15.8. The Labute approximate surface area is 173 Å². The molecular weight excluding hydrogens is 426 g/mol. The van der Waals surface area contributed by atoms with E-state index in [9.17, 15) is 17.6 Å². The molecule has 2 aromatic carbocycles. The zero-order chi connectivity index (χ0) is 20.3. The molecule has 0 bridgehead atoms. The highest BCUT2D eigenvalue weighted by molar-refractivity contribution is 7.89. The largest absolute Gasteiger partial charge is 0.322 e. The number of benzene rings is 2. The number of halogens is 3. The van der Waals surface area contributed by atoms with Gasteiger partial charge in [0.05, 0.1) is 20.5 Å². The summed E-state index contributed by atoms with van der Waals surface area (Å²) < 4.78 is 40.7. The minimum absolute atomic E-state index is 0.0178. The monoisotopic (exact) mass is 444 g/mol. The van der Waals surface area contributed by atoms with Crippen LogP contribution in [0.5, 0.6) is 0 Å². The summed E-state index contributed by atoms with van der Waals surface area (Å²) in [6.07, 6.45) is 3.77. The fourth-order valence-electron chi connectivity index (χ4n) is 3.04. The molecule has 0 spiro atoms. The summed E-state index contributed by atoms with van der Waals surface area (Å²) in [6, 6.07) is 7.98. The Morgan fingerprint density at radius 1 is 0.964 bits per heavy atom. The number of hydrogen-bond donors (Lipinski definition) is 1. The summed E-state index contributed by atoms with van der Waals surface area (Å²) >= 11 is 11.6. The molecule has 5 nitrogen and oxygen atoms in total. The highest BCUT2D eigenvalue weighted by Gasteiger charge is 2.25. The standard InChI is InChI=1S/C19H19Cl2FN2O3S/c20-16-12-17(21)18(22)11-15(16)19(25)23-13-5-7-14(8-6-13)28(26,27)24-9-3-1-2-4-10-24/h5-8,11-12H,1-4,9-10H2,(H,23,25). The first kappa shape index (κ1) is 21.0. The zero-order valence-electron chi connectivity index (χ0n) is 14.9. The number of rotatable bonds is 4. The van der Waals surface area contributed by atoms with Crippen molar-refractivity contribution in [1.82, 2.24) is 4.31 Å². The number of carbonyl (C=O) groups is 1. The third-order valence-electron chi connectivity index (χ3n) is 4.57. The van der Waals surface area contributed by atoms with E-state index in [2.05, 4.69) is 5.32 Å². The Morgan fingerprint density at radius 3 is 2.18 bits per heavy atom. The van der Waals surface area contributed by atoms with Gasteiger partial charge in [-0.2, -0.15) is 4.31 Å². The van der Waals surface area contributed by atoms with Gasteiger partial charge in [0.25, 0.3) is 5.91 Å². The molecule has 0 unspecified atom stereocenters. The number of carbonyl (C=O) groups excluding carboxylic acids is 1. The predicted molar refractivity (Wildman–Crippen MR) is 108 cm³/mol. The smallest absolute Gasteiger partial charge is 0.257 e. The van der Waals surface area contributed by atoms with Crippen molar-refractivity contribution in [3.63, 3.8) is 0 Å². The maximum Gasteiger partial charge on any atom is 0.257 e. The molecule has 1 saturated heterocycles. The first-order valence-corrected chi connectivity index (χ1v) is 11.0. The van der Waals surface area contributed by atoms with Crippen molar-refractivity contribution in [3.8, 4) is 0 Å². The third kappa shape index (κ3) is 4.66. The lowest BCUT2D eigenvalue weighted by molar-refractivity contribution is 0.102. The molecular formula is C19H19Cl2FN2O3S. The summed E-state index contributed by atoms with van der Waals surface area (Å²) in [5, 5.41) is 2.41. The number of hydrogen-bond acceptors (Lipinski definition) is 3. The van der Waals surface area contributed by atoms with Crippen LogP contribution in [-0.2, 0) is 10.0 Å². The predicted octanol–water partition coefficient (Wildman–Crippen LogP) is 4.95. The average molecular weight is 445 g/mol. The lowest BCUT2D eigenvalue weighted by atomic mass is 10.2. The van der Waals surface area contributed by atoms with Crippen LogP contribution in [0.15, 0.2) is 41.3 Å². The van der Waals surface area contributed by atoms with Crippen LogP contribution in [0, 0.1) is 5.82 Å². The van der Waals surface area contributed by atoms with E-state index < -0.39 is 21.7 Å². The number of sulfonamides is 1. The summed E-state index contributed by atoms with van der Waals surface area (Å²) in [7, 11) is -3.56. The first-order chi connectivity index (χ1) is 13.3. The van der Waals surface area contributed by atoms with E-state index in [4.69, 9.17) is 23.2 Å². The molecule has 28 heavy (non-hydrogen) atoms. The number of amides is 1. The van der Waals surface area contributed by atoms with Crippen molar-refractivity contribution in [2.24, 2.45) is 0 Å². The molecule has 0 aromatic heterocycles. The molecule has 3 rings (SSSR count). The second kappa shape index (κ2) is 8.78. The topological polar surface area (TPSA) is 66.5 Å². The van der Waals surface area contributed by atoms with Gasteiger partial charge in [-0.15, -0.1) is 0 Å². The van der Waals surface area contributed by atoms with Crippen molar-refractivity contribution in [1.29, 1.82) is 0 Å². The van der Waals surface area contributed by atoms with Crippen LogP contribution in [0.3, 0.4) is 0 Å². The van der Waals surface area contributed by atoms with Crippen LogP contribution in [-0.4, -0.2) is 31.7 Å². The van der Waals surface area contributed by atoms with Crippen LogP contribution in [0.4, 0.5) is 10.1 Å². The van der Waals surface area contributed by atoms with Gasteiger partial charge in [-0.05, 0) is 49.2 Å². The fourth-order valence-corrected chi connectivity index (χ4v) is 5.02. The van der Waals surface area contributed by atoms with Crippen molar-refractivity contribution in [2.45, 2.75) is 30.6 Å². The number of anilines is 1. The van der Waals surface area contributed by atoms with Crippen molar-refractivity contribution in [3.05, 3.63) is 57.8 Å². The summed E-state index contributed by atoms with van der Waals surface area (Å²) in [6.45, 7) is 1.03. The van der Waals surface area contributed by atoms with Crippen LogP contribution in [0.2, 0.25) is 10.0 Å². The highest BCUT2D eigenvalue weighted by Crippen LogP contribution is 2.26. The molecule has 150 valence electrons. The maximum absolute atomic E-state index is 13.6. The lowest BCUT2D eigenvalue weighted by Crippen LogP contribution is -2.31. The molecule has 0 atom stereocenters. The van der Waals surface area contributed by atoms with Gasteiger partial charge in [0.2, 0.25) is 10.0 Å². The van der Waals surface area contributed by atoms with Crippen LogP contribution >= 0.6 is 23.2 Å². The van der Waals surface area contributed by atoms with E-state index in [-0.39, 0.29) is 20.5 Å².